The van der Waals surface area contributed by atoms with Gasteiger partial charge in [-0.15, -0.1) is 16.4 Å². The van der Waals surface area contributed by atoms with E-state index in [0.29, 0.717) is 6.61 Å². The number of tetrazole rings is 1. The average molecular weight is 460 g/mol. The molecule has 0 saturated carbocycles. The van der Waals surface area contributed by atoms with Gasteiger partial charge in [-0.05, 0) is 66.3 Å². The molecule has 170 valence electrons. The first-order valence-corrected chi connectivity index (χ1v) is 12.2. The maximum Gasteiger partial charge on any atom is 0.173 e. The van der Waals surface area contributed by atoms with E-state index in [1.807, 2.05) is 40.3 Å². The highest BCUT2D eigenvalue weighted by atomic mass is 32.1. The molecule has 0 spiro atoms. The molecule has 1 aliphatic rings. The number of rotatable bonds is 6. The van der Waals surface area contributed by atoms with Crippen molar-refractivity contribution in [3.8, 4) is 5.75 Å². The minimum absolute atomic E-state index is 0.112. The molecule has 3 heterocycles. The molecule has 0 bridgehead atoms. The first kappa shape index (κ1) is 21.8. The zero-order chi connectivity index (χ0) is 22.8. The lowest BCUT2D eigenvalue weighted by Crippen LogP contribution is -2.38. The van der Waals surface area contributed by atoms with E-state index >= 15 is 0 Å². The second kappa shape index (κ2) is 9.08. The van der Waals surface area contributed by atoms with Crippen molar-refractivity contribution in [2.24, 2.45) is 0 Å². The molecule has 33 heavy (non-hydrogen) atoms. The summed E-state index contributed by atoms with van der Waals surface area (Å²) in [4.78, 5) is 3.96. The van der Waals surface area contributed by atoms with Gasteiger partial charge in [0.05, 0.1) is 5.54 Å². The summed E-state index contributed by atoms with van der Waals surface area (Å²) in [7, 11) is 0. The summed E-state index contributed by atoms with van der Waals surface area (Å²) >= 11 is 1.85. The predicted octanol–water partition coefficient (Wildman–Crippen LogP) is 5.22. The van der Waals surface area contributed by atoms with Crippen LogP contribution in [0.15, 0.2) is 66.0 Å². The number of hydrogen-bond donors (Lipinski definition) is 0. The largest absolute Gasteiger partial charge is 0.489 e. The van der Waals surface area contributed by atoms with Gasteiger partial charge in [-0.1, -0.05) is 48.5 Å². The number of ether oxygens (including phenoxy) is 1. The molecule has 2 aromatic heterocycles. The molecule has 0 N–H and O–H groups in total. The fraction of sp³-hybridized carbons (Fsp3) is 0.346. The molecule has 0 amide bonds. The molecule has 7 heteroatoms. The SMILES string of the molecule is CC(C)(C)n1nnnc1C(c1ccccc1OCc1ccccc1)N1CCc2sccc2C1. The van der Waals surface area contributed by atoms with Gasteiger partial charge in [-0.2, -0.15) is 0 Å². The van der Waals surface area contributed by atoms with E-state index < -0.39 is 0 Å². The normalized spacial score (nSPS) is 15.2. The van der Waals surface area contributed by atoms with E-state index in [1.54, 1.807) is 0 Å². The Morgan fingerprint density at radius 2 is 1.82 bits per heavy atom. The zero-order valence-electron chi connectivity index (χ0n) is 19.3. The van der Waals surface area contributed by atoms with Crippen molar-refractivity contribution in [2.75, 3.05) is 6.54 Å². The highest BCUT2D eigenvalue weighted by Gasteiger charge is 2.35. The Morgan fingerprint density at radius 1 is 1.03 bits per heavy atom. The molecule has 0 aliphatic carbocycles. The van der Waals surface area contributed by atoms with E-state index in [-0.39, 0.29) is 11.6 Å². The van der Waals surface area contributed by atoms with Crippen LogP contribution in [0.3, 0.4) is 0 Å². The molecule has 5 rings (SSSR count). The van der Waals surface area contributed by atoms with E-state index in [0.717, 1.165) is 42.2 Å². The molecule has 1 unspecified atom stereocenters. The molecule has 4 aromatic rings. The smallest absolute Gasteiger partial charge is 0.173 e. The van der Waals surface area contributed by atoms with Crippen LogP contribution in [0.4, 0.5) is 0 Å². The van der Waals surface area contributed by atoms with Crippen LogP contribution in [0, 0.1) is 0 Å². The standard InChI is InChI=1S/C26H29N5OS/c1-26(2,3)31-25(27-28-29-31)24(30-15-13-23-20(17-30)14-16-33-23)21-11-7-8-12-22(21)32-18-19-9-5-4-6-10-19/h4-12,14,16,24H,13,15,17-18H2,1-3H3. The van der Waals surface area contributed by atoms with Crippen molar-refractivity contribution in [1.82, 2.24) is 25.1 Å². The quantitative estimate of drug-likeness (QED) is 0.396. The topological polar surface area (TPSA) is 56.1 Å². The van der Waals surface area contributed by atoms with Gasteiger partial charge >= 0.3 is 0 Å². The predicted molar refractivity (Wildman–Crippen MR) is 130 cm³/mol. The molecular formula is C26H29N5OS. The summed E-state index contributed by atoms with van der Waals surface area (Å²) in [5.41, 5.74) is 3.39. The zero-order valence-corrected chi connectivity index (χ0v) is 20.1. The molecule has 0 saturated heterocycles. The van der Waals surface area contributed by atoms with Crippen LogP contribution < -0.4 is 4.74 Å². The molecule has 0 radical (unpaired) electrons. The number of nitrogens with zero attached hydrogens (tertiary/aromatic N) is 5. The van der Waals surface area contributed by atoms with Gasteiger partial charge in [0.15, 0.2) is 5.82 Å². The van der Waals surface area contributed by atoms with Gasteiger partial charge < -0.3 is 4.74 Å². The number of hydrogen-bond acceptors (Lipinski definition) is 6. The van der Waals surface area contributed by atoms with Crippen LogP contribution in [0.1, 0.15) is 54.2 Å². The fourth-order valence-electron chi connectivity index (χ4n) is 4.41. The second-order valence-electron chi connectivity index (χ2n) is 9.42. The lowest BCUT2D eigenvalue weighted by atomic mass is 9.98. The van der Waals surface area contributed by atoms with Crippen LogP contribution in [0.25, 0.3) is 0 Å². The third kappa shape index (κ3) is 4.56. The summed E-state index contributed by atoms with van der Waals surface area (Å²) in [5.74, 6) is 1.71. The number of benzene rings is 2. The summed E-state index contributed by atoms with van der Waals surface area (Å²) in [6.07, 6.45) is 1.04. The maximum atomic E-state index is 6.37. The van der Waals surface area contributed by atoms with Crippen molar-refractivity contribution in [3.05, 3.63) is 93.4 Å². The van der Waals surface area contributed by atoms with E-state index in [9.17, 15) is 0 Å². The maximum absolute atomic E-state index is 6.37. The third-order valence-electron chi connectivity index (χ3n) is 6.03. The summed E-state index contributed by atoms with van der Waals surface area (Å²) < 4.78 is 8.32. The Labute approximate surface area is 198 Å². The van der Waals surface area contributed by atoms with Crippen LogP contribution in [-0.2, 0) is 25.1 Å². The lowest BCUT2D eigenvalue weighted by Gasteiger charge is -2.36. The highest BCUT2D eigenvalue weighted by molar-refractivity contribution is 7.10. The van der Waals surface area contributed by atoms with Crippen molar-refractivity contribution < 1.29 is 4.74 Å². The van der Waals surface area contributed by atoms with Crippen molar-refractivity contribution in [3.63, 3.8) is 0 Å². The first-order chi connectivity index (χ1) is 16.0. The number of thiophene rings is 1. The Bertz CT molecular complexity index is 1210. The van der Waals surface area contributed by atoms with Gasteiger partial charge in [-0.25, -0.2) is 4.68 Å². The monoisotopic (exact) mass is 459 g/mol. The highest BCUT2D eigenvalue weighted by Crippen LogP contribution is 2.38. The van der Waals surface area contributed by atoms with E-state index in [2.05, 4.69) is 83.0 Å². The summed E-state index contributed by atoms with van der Waals surface area (Å²) in [5, 5.41) is 15.2. The van der Waals surface area contributed by atoms with E-state index in [1.165, 1.54) is 10.4 Å². The Balaban J connectivity index is 1.55. The van der Waals surface area contributed by atoms with Crippen LogP contribution >= 0.6 is 11.3 Å². The average Bonchev–Trinajstić information content (AvgIpc) is 3.49. The Kier molecular flexibility index (Phi) is 6.00. The molecule has 6 nitrogen and oxygen atoms in total. The third-order valence-corrected chi connectivity index (χ3v) is 7.05. The second-order valence-corrected chi connectivity index (χ2v) is 10.4. The molecule has 1 atom stereocenters. The van der Waals surface area contributed by atoms with Crippen molar-refractivity contribution >= 4 is 11.3 Å². The van der Waals surface area contributed by atoms with E-state index in [4.69, 9.17) is 4.74 Å². The Hall–Kier alpha value is -3.03. The first-order valence-electron chi connectivity index (χ1n) is 11.3. The number of fused-ring (bicyclic) bond motifs is 1. The van der Waals surface area contributed by atoms with Gasteiger partial charge in [-0.3, -0.25) is 4.90 Å². The van der Waals surface area contributed by atoms with Crippen LogP contribution in [-0.4, -0.2) is 31.7 Å². The number of aromatic nitrogens is 4. The van der Waals surface area contributed by atoms with Gasteiger partial charge in [0, 0.05) is 23.5 Å². The van der Waals surface area contributed by atoms with Crippen LogP contribution in [0.5, 0.6) is 5.75 Å². The van der Waals surface area contributed by atoms with Crippen LogP contribution in [0.2, 0.25) is 0 Å². The number of para-hydroxylation sites is 1. The van der Waals surface area contributed by atoms with Gasteiger partial charge in [0.2, 0.25) is 0 Å². The summed E-state index contributed by atoms with van der Waals surface area (Å²) in [6, 6.07) is 20.7. The van der Waals surface area contributed by atoms with Gasteiger partial charge in [0.1, 0.15) is 18.4 Å². The molecule has 2 aromatic carbocycles. The van der Waals surface area contributed by atoms with Crippen molar-refractivity contribution in [2.45, 2.75) is 51.9 Å². The Morgan fingerprint density at radius 3 is 2.64 bits per heavy atom. The van der Waals surface area contributed by atoms with Crippen molar-refractivity contribution in [1.29, 1.82) is 0 Å². The fourth-order valence-corrected chi connectivity index (χ4v) is 5.29. The molecule has 1 aliphatic heterocycles. The molecular weight excluding hydrogens is 430 g/mol. The summed E-state index contributed by atoms with van der Waals surface area (Å²) in [6.45, 7) is 8.73. The molecule has 0 fully saturated rings. The van der Waals surface area contributed by atoms with Gasteiger partial charge in [0.25, 0.3) is 0 Å². The minimum Gasteiger partial charge on any atom is -0.489 e. The lowest BCUT2D eigenvalue weighted by molar-refractivity contribution is 0.181. The minimum atomic E-state index is -0.236.